The van der Waals surface area contributed by atoms with E-state index in [1.807, 2.05) is 18.2 Å². The molecule has 1 aromatic heterocycles. The average Bonchev–Trinajstić information content (AvgIpc) is 2.86. The van der Waals surface area contributed by atoms with E-state index >= 15 is 0 Å². The zero-order valence-corrected chi connectivity index (χ0v) is 13.7. The minimum atomic E-state index is -2.55. The first-order valence-electron chi connectivity index (χ1n) is 7.61. The fourth-order valence-electron chi connectivity index (χ4n) is 3.57. The number of benzene rings is 2. The maximum atomic E-state index is 8.94. The Kier molecular flexibility index (Phi) is 3.10. The summed E-state index contributed by atoms with van der Waals surface area (Å²) in [6.45, 7) is 4.17. The van der Waals surface area contributed by atoms with Crippen molar-refractivity contribution in [2.45, 2.75) is 0 Å². The van der Waals surface area contributed by atoms with Crippen LogP contribution in [0.2, 0.25) is 0 Å². The Morgan fingerprint density at radius 1 is 0.783 bits per heavy atom. The van der Waals surface area contributed by atoms with Gasteiger partial charge >= 0.3 is 0 Å². The second-order valence-corrected chi connectivity index (χ2v) is 9.43. The van der Waals surface area contributed by atoms with Gasteiger partial charge in [-0.3, -0.25) is 4.98 Å². The summed E-state index contributed by atoms with van der Waals surface area (Å²) in [5, 5.41) is 13.2. The minimum Gasteiger partial charge on any atom is -0.308 e. The quantitative estimate of drug-likeness (QED) is 0.723. The Bertz CT molecular complexity index is 862. The lowest BCUT2D eigenvalue weighted by molar-refractivity contribution is 1.31. The highest BCUT2D eigenvalue weighted by Gasteiger charge is 2.51. The zero-order valence-electron chi connectivity index (χ0n) is 12.7. The molecule has 2 aromatic carbocycles. The number of hydrogen-bond acceptors (Lipinski definition) is 2. The summed E-state index contributed by atoms with van der Waals surface area (Å²) < 4.78 is 0. The van der Waals surface area contributed by atoms with Gasteiger partial charge in [0, 0.05) is 17.1 Å². The lowest BCUT2D eigenvalue weighted by Gasteiger charge is -2.29. The molecule has 0 atom stereocenters. The molecule has 0 unspecified atom stereocenters. The highest BCUT2D eigenvalue weighted by Crippen LogP contribution is 2.26. The van der Waals surface area contributed by atoms with E-state index in [1.165, 1.54) is 15.6 Å². The minimum absolute atomic E-state index is 0.642. The van der Waals surface area contributed by atoms with E-state index in [0.717, 1.165) is 11.3 Å². The molecule has 0 fully saturated rings. The predicted molar refractivity (Wildman–Crippen MR) is 98.5 cm³/mol. The first-order valence-corrected chi connectivity index (χ1v) is 9.61. The molecule has 3 aromatic rings. The third-order valence-corrected chi connectivity index (χ3v) is 9.25. The normalized spacial score (nSPS) is 15.5. The molecule has 2 nitrogen and oxygen atoms in total. The van der Waals surface area contributed by atoms with Crippen LogP contribution in [0.15, 0.2) is 85.6 Å². The maximum Gasteiger partial charge on any atom is 0.203 e. The fourth-order valence-corrected chi connectivity index (χ4v) is 8.25. The molecule has 0 saturated heterocycles. The summed E-state index contributed by atoms with van der Waals surface area (Å²) in [6.07, 6.45) is 1.79. The van der Waals surface area contributed by atoms with Gasteiger partial charge in [0.15, 0.2) is 0 Å². The molecule has 1 aliphatic heterocycles. The van der Waals surface area contributed by atoms with Gasteiger partial charge in [0.1, 0.15) is 0 Å². The SMILES string of the molecule is C=C1C(=N)[Si](c2ccccc2)(c2ccccc2)c2cccnc21. The van der Waals surface area contributed by atoms with Gasteiger partial charge in [-0.05, 0) is 21.6 Å². The van der Waals surface area contributed by atoms with Gasteiger partial charge in [-0.1, -0.05) is 73.3 Å². The van der Waals surface area contributed by atoms with E-state index < -0.39 is 8.07 Å². The van der Waals surface area contributed by atoms with Crippen molar-refractivity contribution in [1.29, 1.82) is 5.41 Å². The molecule has 0 saturated carbocycles. The lowest BCUT2D eigenvalue weighted by atomic mass is 10.2. The van der Waals surface area contributed by atoms with E-state index in [0.29, 0.717) is 5.33 Å². The largest absolute Gasteiger partial charge is 0.308 e. The molecule has 0 spiro atoms. The Hall–Kier alpha value is -2.78. The molecule has 2 heterocycles. The number of allylic oxidation sites excluding steroid dienone is 1. The summed E-state index contributed by atoms with van der Waals surface area (Å²) in [5.41, 5.74) is 1.65. The van der Waals surface area contributed by atoms with Crippen molar-refractivity contribution in [3.05, 3.63) is 91.3 Å². The average molecular weight is 312 g/mol. The first-order chi connectivity index (χ1) is 11.3. The summed E-state index contributed by atoms with van der Waals surface area (Å²) in [4.78, 5) is 4.53. The van der Waals surface area contributed by atoms with Gasteiger partial charge in [-0.15, -0.1) is 0 Å². The summed E-state index contributed by atoms with van der Waals surface area (Å²) >= 11 is 0. The van der Waals surface area contributed by atoms with Crippen LogP contribution in [0.1, 0.15) is 5.69 Å². The molecule has 3 heteroatoms. The van der Waals surface area contributed by atoms with Crippen LogP contribution < -0.4 is 15.6 Å². The number of nitrogens with one attached hydrogen (secondary N) is 1. The highest BCUT2D eigenvalue weighted by molar-refractivity contribution is 7.35. The third-order valence-electron chi connectivity index (χ3n) is 4.59. The van der Waals surface area contributed by atoms with Crippen molar-refractivity contribution >= 4 is 34.5 Å². The predicted octanol–water partition coefficient (Wildman–Crippen LogP) is 2.14. The molecule has 110 valence electrons. The third kappa shape index (κ3) is 1.80. The van der Waals surface area contributed by atoms with Crippen LogP contribution >= 0.6 is 0 Å². The monoisotopic (exact) mass is 312 g/mol. The standard InChI is InChI=1S/C20H16N2Si/c1-15-19-18(13-8-14-22-19)23(20(15)21,16-9-4-2-5-10-16)17-11-6-3-7-12-17/h2-14,21H,1H2. The van der Waals surface area contributed by atoms with E-state index in [-0.39, 0.29) is 0 Å². The number of nitrogens with zero attached hydrogens (tertiary/aromatic N) is 1. The van der Waals surface area contributed by atoms with Crippen LogP contribution in [0.5, 0.6) is 0 Å². The number of pyridine rings is 1. The van der Waals surface area contributed by atoms with Gasteiger partial charge in [0.2, 0.25) is 8.07 Å². The molecule has 1 N–H and O–H groups in total. The topological polar surface area (TPSA) is 36.7 Å². The van der Waals surface area contributed by atoms with Gasteiger partial charge in [-0.25, -0.2) is 0 Å². The summed E-state index contributed by atoms with van der Waals surface area (Å²) in [5.74, 6) is 0. The van der Waals surface area contributed by atoms with Crippen LogP contribution in [0.4, 0.5) is 0 Å². The van der Waals surface area contributed by atoms with Crippen molar-refractivity contribution < 1.29 is 0 Å². The van der Waals surface area contributed by atoms with Crippen LogP contribution in [-0.2, 0) is 0 Å². The second kappa shape index (κ2) is 5.14. The molecular weight excluding hydrogens is 296 g/mol. The Morgan fingerprint density at radius 3 is 1.91 bits per heavy atom. The molecular formula is C20H16N2Si. The Labute approximate surface area is 136 Å². The molecule has 4 rings (SSSR count). The van der Waals surface area contributed by atoms with Gasteiger partial charge in [0.05, 0.1) is 5.69 Å². The number of rotatable bonds is 2. The van der Waals surface area contributed by atoms with Crippen molar-refractivity contribution in [3.63, 3.8) is 0 Å². The smallest absolute Gasteiger partial charge is 0.203 e. The van der Waals surface area contributed by atoms with Crippen LogP contribution in [0.25, 0.3) is 5.57 Å². The van der Waals surface area contributed by atoms with Gasteiger partial charge in [-0.2, -0.15) is 0 Å². The Morgan fingerprint density at radius 2 is 1.35 bits per heavy atom. The molecule has 1 aliphatic rings. The molecule has 23 heavy (non-hydrogen) atoms. The van der Waals surface area contributed by atoms with Crippen LogP contribution in [0, 0.1) is 5.41 Å². The van der Waals surface area contributed by atoms with Crippen molar-refractivity contribution in [1.82, 2.24) is 4.98 Å². The van der Waals surface area contributed by atoms with Gasteiger partial charge in [0.25, 0.3) is 0 Å². The molecule has 0 amide bonds. The number of hydrogen-bond donors (Lipinski definition) is 1. The fraction of sp³-hybridized carbons (Fsp3) is 0. The number of fused-ring (bicyclic) bond motifs is 1. The summed E-state index contributed by atoms with van der Waals surface area (Å²) in [7, 11) is -2.55. The Balaban J connectivity index is 2.14. The molecule has 0 radical (unpaired) electrons. The van der Waals surface area contributed by atoms with Crippen LogP contribution in [-0.4, -0.2) is 18.4 Å². The van der Waals surface area contributed by atoms with Gasteiger partial charge < -0.3 is 5.41 Å². The second-order valence-electron chi connectivity index (χ2n) is 5.74. The van der Waals surface area contributed by atoms with E-state index in [4.69, 9.17) is 5.41 Å². The van der Waals surface area contributed by atoms with Crippen molar-refractivity contribution in [2.75, 3.05) is 0 Å². The number of aromatic nitrogens is 1. The lowest BCUT2D eigenvalue weighted by Crippen LogP contribution is -2.70. The highest BCUT2D eigenvalue weighted by atomic mass is 28.3. The van der Waals surface area contributed by atoms with E-state index in [9.17, 15) is 0 Å². The molecule has 0 bridgehead atoms. The zero-order chi connectivity index (χ0) is 15.9. The van der Waals surface area contributed by atoms with Crippen LogP contribution in [0.3, 0.4) is 0 Å². The first kappa shape index (κ1) is 13.9. The maximum absolute atomic E-state index is 8.94. The summed E-state index contributed by atoms with van der Waals surface area (Å²) in [6, 6.07) is 24.9. The van der Waals surface area contributed by atoms with E-state index in [2.05, 4.69) is 66.2 Å². The molecule has 0 aliphatic carbocycles. The van der Waals surface area contributed by atoms with Crippen molar-refractivity contribution in [2.24, 2.45) is 0 Å². The van der Waals surface area contributed by atoms with E-state index in [1.54, 1.807) is 6.20 Å². The van der Waals surface area contributed by atoms with Crippen molar-refractivity contribution in [3.8, 4) is 0 Å².